The van der Waals surface area contributed by atoms with E-state index in [0.29, 0.717) is 11.3 Å². The molecule has 2 atom stereocenters. The van der Waals surface area contributed by atoms with Crippen LogP contribution in [0.1, 0.15) is 11.1 Å². The number of benzene rings is 2. The summed E-state index contributed by atoms with van der Waals surface area (Å²) in [5.74, 6) is 1.41. The first-order chi connectivity index (χ1) is 12.1. The van der Waals surface area contributed by atoms with Crippen molar-refractivity contribution in [1.82, 2.24) is 4.90 Å². The lowest BCUT2D eigenvalue weighted by Crippen LogP contribution is -2.40. The summed E-state index contributed by atoms with van der Waals surface area (Å²) in [5.41, 5.74) is 1.75. The van der Waals surface area contributed by atoms with Crippen LogP contribution < -0.4 is 4.74 Å². The fraction of sp³-hybridized carbons (Fsp3) is 0.158. The Morgan fingerprint density at radius 3 is 2.68 bits per heavy atom. The third-order valence-electron chi connectivity index (χ3n) is 4.24. The fourth-order valence-corrected chi connectivity index (χ4v) is 2.97. The Morgan fingerprint density at radius 2 is 1.92 bits per heavy atom. The van der Waals surface area contributed by atoms with Gasteiger partial charge in [0.1, 0.15) is 11.5 Å². The Kier molecular flexibility index (Phi) is 3.65. The van der Waals surface area contributed by atoms with E-state index in [-0.39, 0.29) is 18.0 Å². The lowest BCUT2D eigenvalue weighted by atomic mass is 10.1. The third-order valence-corrected chi connectivity index (χ3v) is 4.24. The molecular weight excluding hydrogens is 320 g/mol. The molecule has 25 heavy (non-hydrogen) atoms. The number of hydrogen-bond acceptors (Lipinski definition) is 5. The average molecular weight is 336 g/mol. The van der Waals surface area contributed by atoms with Crippen LogP contribution in [-0.2, 0) is 4.74 Å². The van der Waals surface area contributed by atoms with Gasteiger partial charge >= 0.3 is 0 Å². The normalized spacial score (nSPS) is 21.2. The third kappa shape index (κ3) is 2.82. The van der Waals surface area contributed by atoms with Gasteiger partial charge in [-0.25, -0.2) is 0 Å². The van der Waals surface area contributed by atoms with E-state index in [4.69, 9.17) is 9.47 Å². The summed E-state index contributed by atoms with van der Waals surface area (Å²) in [7, 11) is 1.93. The van der Waals surface area contributed by atoms with E-state index in [1.807, 2.05) is 60.6 Å². The average Bonchev–Trinajstić information content (AvgIpc) is 3.03. The molecule has 0 aliphatic carbocycles. The van der Waals surface area contributed by atoms with Crippen molar-refractivity contribution in [3.8, 4) is 5.75 Å². The molecule has 2 aromatic carbocycles. The molecule has 0 saturated carbocycles. The zero-order valence-electron chi connectivity index (χ0n) is 13.5. The van der Waals surface area contributed by atoms with Gasteiger partial charge in [-0.1, -0.05) is 36.4 Å². The van der Waals surface area contributed by atoms with Crippen LogP contribution in [0, 0.1) is 10.1 Å². The van der Waals surface area contributed by atoms with Gasteiger partial charge in [0.25, 0.3) is 5.69 Å². The number of nitro benzene ring substituents is 1. The molecule has 0 saturated heterocycles. The number of nitro groups is 1. The SMILES string of the molecule is CN1C=C(c2ccccc2)O[C@H]1[C@@H]1C=Cc2cc([N+](=O)[O-])ccc2O1. The largest absolute Gasteiger partial charge is 0.480 e. The molecule has 0 spiro atoms. The number of fused-ring (bicyclic) bond motifs is 1. The van der Waals surface area contributed by atoms with Gasteiger partial charge in [-0.2, -0.15) is 0 Å². The number of rotatable bonds is 3. The van der Waals surface area contributed by atoms with Crippen molar-refractivity contribution < 1.29 is 14.4 Å². The first-order valence-corrected chi connectivity index (χ1v) is 7.91. The summed E-state index contributed by atoms with van der Waals surface area (Å²) in [4.78, 5) is 12.4. The summed E-state index contributed by atoms with van der Waals surface area (Å²) >= 11 is 0. The van der Waals surface area contributed by atoms with Gasteiger partial charge in [-0.3, -0.25) is 10.1 Å². The first kappa shape index (κ1) is 15.3. The molecule has 2 heterocycles. The van der Waals surface area contributed by atoms with Crippen LogP contribution in [0.4, 0.5) is 5.69 Å². The van der Waals surface area contributed by atoms with Crippen molar-refractivity contribution in [3.05, 3.63) is 82.0 Å². The summed E-state index contributed by atoms with van der Waals surface area (Å²) in [6, 6.07) is 14.5. The molecule has 0 bridgehead atoms. The van der Waals surface area contributed by atoms with E-state index in [1.165, 1.54) is 12.1 Å². The lowest BCUT2D eigenvalue weighted by Gasteiger charge is -2.30. The van der Waals surface area contributed by atoms with Gasteiger partial charge in [0.05, 0.1) is 4.92 Å². The molecular formula is C19H16N2O4. The van der Waals surface area contributed by atoms with E-state index < -0.39 is 4.92 Å². The summed E-state index contributed by atoms with van der Waals surface area (Å²) in [6.45, 7) is 0. The Bertz CT molecular complexity index is 876. The molecule has 0 aromatic heterocycles. The minimum absolute atomic E-state index is 0.0488. The van der Waals surface area contributed by atoms with Crippen molar-refractivity contribution in [2.75, 3.05) is 7.05 Å². The molecule has 6 heteroatoms. The number of ether oxygens (including phenoxy) is 2. The summed E-state index contributed by atoms with van der Waals surface area (Å²) < 4.78 is 12.1. The maximum absolute atomic E-state index is 10.9. The van der Waals surface area contributed by atoms with Crippen LogP contribution in [0.5, 0.6) is 5.75 Å². The highest BCUT2D eigenvalue weighted by Gasteiger charge is 2.34. The van der Waals surface area contributed by atoms with Crippen LogP contribution in [0.25, 0.3) is 11.8 Å². The Hall–Kier alpha value is -3.28. The fourth-order valence-electron chi connectivity index (χ4n) is 2.97. The lowest BCUT2D eigenvalue weighted by molar-refractivity contribution is -0.384. The molecule has 0 radical (unpaired) electrons. The molecule has 0 N–H and O–H groups in total. The Morgan fingerprint density at radius 1 is 1.12 bits per heavy atom. The monoisotopic (exact) mass is 336 g/mol. The molecule has 0 unspecified atom stereocenters. The smallest absolute Gasteiger partial charge is 0.270 e. The van der Waals surface area contributed by atoms with E-state index in [9.17, 15) is 10.1 Å². The number of nitrogens with zero attached hydrogens (tertiary/aromatic N) is 2. The topological polar surface area (TPSA) is 64.8 Å². The quantitative estimate of drug-likeness (QED) is 0.632. The van der Waals surface area contributed by atoms with Crippen molar-refractivity contribution in [2.45, 2.75) is 12.3 Å². The Labute approximate surface area is 144 Å². The number of hydrogen-bond donors (Lipinski definition) is 0. The Balaban J connectivity index is 1.53. The van der Waals surface area contributed by atoms with Crippen molar-refractivity contribution in [1.29, 1.82) is 0 Å². The second-order valence-electron chi connectivity index (χ2n) is 5.95. The first-order valence-electron chi connectivity index (χ1n) is 7.91. The highest BCUT2D eigenvalue weighted by atomic mass is 16.6. The molecule has 6 nitrogen and oxygen atoms in total. The molecule has 4 rings (SSSR count). The van der Waals surface area contributed by atoms with E-state index in [2.05, 4.69) is 0 Å². The maximum atomic E-state index is 10.9. The summed E-state index contributed by atoms with van der Waals surface area (Å²) in [6.07, 6.45) is 5.05. The van der Waals surface area contributed by atoms with Gasteiger partial charge in [0, 0.05) is 36.5 Å². The van der Waals surface area contributed by atoms with Crippen LogP contribution in [0.3, 0.4) is 0 Å². The van der Waals surface area contributed by atoms with Crippen LogP contribution in [0.2, 0.25) is 0 Å². The van der Waals surface area contributed by atoms with Crippen LogP contribution in [0.15, 0.2) is 60.8 Å². The van der Waals surface area contributed by atoms with Crippen molar-refractivity contribution in [2.24, 2.45) is 0 Å². The van der Waals surface area contributed by atoms with Crippen molar-refractivity contribution in [3.63, 3.8) is 0 Å². The summed E-state index contributed by atoms with van der Waals surface area (Å²) in [5, 5.41) is 10.9. The molecule has 2 aliphatic heterocycles. The van der Waals surface area contributed by atoms with Crippen LogP contribution in [-0.4, -0.2) is 29.2 Å². The van der Waals surface area contributed by atoms with Gasteiger partial charge in [-0.05, 0) is 12.1 Å². The standard InChI is InChI=1S/C19H16N2O4/c1-20-12-18(13-5-3-2-4-6-13)25-19(20)17-9-7-14-11-15(21(22)23)8-10-16(14)24-17/h2-12,17,19H,1H3/t17-,19-/m0/s1. The predicted octanol–water partition coefficient (Wildman–Crippen LogP) is 3.66. The molecule has 2 aromatic rings. The second kappa shape index (κ2) is 5.98. The highest BCUT2D eigenvalue weighted by Crippen LogP contribution is 2.34. The second-order valence-corrected chi connectivity index (χ2v) is 5.95. The maximum Gasteiger partial charge on any atom is 0.270 e. The van der Waals surface area contributed by atoms with E-state index in [1.54, 1.807) is 6.07 Å². The minimum Gasteiger partial charge on any atom is -0.480 e. The zero-order chi connectivity index (χ0) is 17.4. The number of likely N-dealkylation sites (N-methyl/N-ethyl adjacent to an activating group) is 1. The zero-order valence-corrected chi connectivity index (χ0v) is 13.5. The van der Waals surface area contributed by atoms with E-state index >= 15 is 0 Å². The predicted molar refractivity (Wildman–Crippen MR) is 93.6 cm³/mol. The van der Waals surface area contributed by atoms with Gasteiger partial charge < -0.3 is 14.4 Å². The van der Waals surface area contributed by atoms with Gasteiger partial charge in [0.2, 0.25) is 6.23 Å². The molecule has 0 amide bonds. The molecule has 0 fully saturated rings. The molecule has 2 aliphatic rings. The molecule has 126 valence electrons. The van der Waals surface area contributed by atoms with Gasteiger partial charge in [-0.15, -0.1) is 0 Å². The van der Waals surface area contributed by atoms with Gasteiger partial charge in [0.15, 0.2) is 6.10 Å². The van der Waals surface area contributed by atoms with Crippen molar-refractivity contribution >= 4 is 17.5 Å². The number of non-ortho nitro benzene ring substituents is 1. The highest BCUT2D eigenvalue weighted by molar-refractivity contribution is 5.64. The minimum atomic E-state index is -0.413. The van der Waals surface area contributed by atoms with E-state index in [0.717, 1.165) is 11.3 Å². The van der Waals surface area contributed by atoms with Crippen LogP contribution >= 0.6 is 0 Å².